The van der Waals surface area contributed by atoms with Gasteiger partial charge in [-0.3, -0.25) is 4.79 Å². The van der Waals surface area contributed by atoms with Gasteiger partial charge in [-0.25, -0.2) is 9.67 Å². The SMILES string of the molecule is O=C(C1CCCCn2nnnc21)N1CCc2oc(Cc3ccccc3)nc2C1. The second kappa shape index (κ2) is 7.18. The maximum absolute atomic E-state index is 13.2. The van der Waals surface area contributed by atoms with Gasteiger partial charge in [0.2, 0.25) is 5.91 Å². The molecule has 2 aliphatic heterocycles. The number of hydrogen-bond acceptors (Lipinski definition) is 6. The van der Waals surface area contributed by atoms with Crippen LogP contribution in [-0.4, -0.2) is 42.5 Å². The van der Waals surface area contributed by atoms with Crippen LogP contribution in [0.15, 0.2) is 34.7 Å². The maximum Gasteiger partial charge on any atom is 0.233 e. The summed E-state index contributed by atoms with van der Waals surface area (Å²) in [4.78, 5) is 19.8. The predicted molar refractivity (Wildman–Crippen MR) is 99.3 cm³/mol. The van der Waals surface area contributed by atoms with Crippen LogP contribution in [0.3, 0.4) is 0 Å². The van der Waals surface area contributed by atoms with Crippen molar-refractivity contribution in [2.24, 2.45) is 0 Å². The second-order valence-corrected chi connectivity index (χ2v) is 7.46. The number of oxazole rings is 1. The Morgan fingerprint density at radius 2 is 2.07 bits per heavy atom. The zero-order chi connectivity index (χ0) is 18.9. The Bertz CT molecular complexity index is 980. The molecule has 8 heteroatoms. The van der Waals surface area contributed by atoms with Crippen molar-refractivity contribution in [2.75, 3.05) is 6.54 Å². The van der Waals surface area contributed by atoms with Gasteiger partial charge in [-0.1, -0.05) is 36.8 Å². The monoisotopic (exact) mass is 378 g/mol. The average molecular weight is 378 g/mol. The highest BCUT2D eigenvalue weighted by Crippen LogP contribution is 2.29. The van der Waals surface area contributed by atoms with Gasteiger partial charge >= 0.3 is 0 Å². The van der Waals surface area contributed by atoms with E-state index in [0.29, 0.717) is 37.6 Å². The molecule has 28 heavy (non-hydrogen) atoms. The number of rotatable bonds is 3. The van der Waals surface area contributed by atoms with Gasteiger partial charge in [0.25, 0.3) is 0 Å². The van der Waals surface area contributed by atoms with E-state index in [1.807, 2.05) is 23.1 Å². The smallest absolute Gasteiger partial charge is 0.233 e. The fourth-order valence-corrected chi connectivity index (χ4v) is 4.10. The number of carbonyl (C=O) groups excluding carboxylic acids is 1. The van der Waals surface area contributed by atoms with E-state index in [0.717, 1.165) is 37.3 Å². The minimum atomic E-state index is -0.269. The van der Waals surface area contributed by atoms with Crippen molar-refractivity contribution < 1.29 is 9.21 Å². The molecule has 0 bridgehead atoms. The molecule has 0 spiro atoms. The summed E-state index contributed by atoms with van der Waals surface area (Å²) in [7, 11) is 0. The van der Waals surface area contributed by atoms with E-state index in [2.05, 4.69) is 32.6 Å². The van der Waals surface area contributed by atoms with Gasteiger partial charge in [0.05, 0.1) is 12.5 Å². The van der Waals surface area contributed by atoms with Gasteiger partial charge in [-0.15, -0.1) is 5.10 Å². The largest absolute Gasteiger partial charge is 0.445 e. The summed E-state index contributed by atoms with van der Waals surface area (Å²) in [5.74, 6) is 2.13. The number of aromatic nitrogens is 5. The highest BCUT2D eigenvalue weighted by atomic mass is 16.4. The number of aryl methyl sites for hydroxylation is 1. The molecule has 1 unspecified atom stereocenters. The molecule has 0 aliphatic carbocycles. The van der Waals surface area contributed by atoms with E-state index in [1.165, 1.54) is 5.56 Å². The number of hydrogen-bond donors (Lipinski definition) is 0. The summed E-state index contributed by atoms with van der Waals surface area (Å²) < 4.78 is 7.74. The van der Waals surface area contributed by atoms with E-state index < -0.39 is 0 Å². The lowest BCUT2D eigenvalue weighted by Crippen LogP contribution is -2.39. The summed E-state index contributed by atoms with van der Waals surface area (Å²) in [6.45, 7) is 1.91. The molecule has 2 aromatic heterocycles. The lowest BCUT2D eigenvalue weighted by molar-refractivity contribution is -0.134. The molecule has 0 saturated carbocycles. The fourth-order valence-electron chi connectivity index (χ4n) is 4.10. The van der Waals surface area contributed by atoms with Crippen molar-refractivity contribution in [2.45, 2.75) is 51.1 Å². The van der Waals surface area contributed by atoms with Crippen molar-refractivity contribution >= 4 is 5.91 Å². The van der Waals surface area contributed by atoms with E-state index in [4.69, 9.17) is 4.42 Å². The highest BCUT2D eigenvalue weighted by molar-refractivity contribution is 5.83. The topological polar surface area (TPSA) is 89.9 Å². The second-order valence-electron chi connectivity index (χ2n) is 7.46. The number of benzene rings is 1. The van der Waals surface area contributed by atoms with Crippen LogP contribution in [0.5, 0.6) is 0 Å². The van der Waals surface area contributed by atoms with Gasteiger partial charge in [0.1, 0.15) is 11.5 Å². The molecular weight excluding hydrogens is 356 g/mol. The summed E-state index contributed by atoms with van der Waals surface area (Å²) in [5, 5.41) is 11.9. The Morgan fingerprint density at radius 3 is 2.96 bits per heavy atom. The molecule has 2 aliphatic rings. The van der Waals surface area contributed by atoms with Gasteiger partial charge in [-0.2, -0.15) is 0 Å². The van der Waals surface area contributed by atoms with E-state index in [9.17, 15) is 4.79 Å². The van der Waals surface area contributed by atoms with Crippen LogP contribution in [0, 0.1) is 0 Å². The van der Waals surface area contributed by atoms with Crippen LogP contribution < -0.4 is 0 Å². The van der Waals surface area contributed by atoms with Crippen molar-refractivity contribution in [1.82, 2.24) is 30.1 Å². The number of nitrogens with zero attached hydrogens (tertiary/aromatic N) is 6. The molecule has 1 amide bonds. The molecule has 1 atom stereocenters. The minimum Gasteiger partial charge on any atom is -0.445 e. The Morgan fingerprint density at radius 1 is 1.18 bits per heavy atom. The molecule has 0 radical (unpaired) electrons. The first-order valence-electron chi connectivity index (χ1n) is 9.84. The Kier molecular flexibility index (Phi) is 4.38. The summed E-state index contributed by atoms with van der Waals surface area (Å²) >= 11 is 0. The first-order valence-corrected chi connectivity index (χ1v) is 9.84. The third-order valence-corrected chi connectivity index (χ3v) is 5.56. The molecule has 3 aromatic rings. The van der Waals surface area contributed by atoms with Crippen molar-refractivity contribution in [3.63, 3.8) is 0 Å². The van der Waals surface area contributed by atoms with Crippen LogP contribution in [0.25, 0.3) is 0 Å². The quantitative estimate of drug-likeness (QED) is 0.693. The molecule has 4 heterocycles. The van der Waals surface area contributed by atoms with Gasteiger partial charge in [-0.05, 0) is 28.8 Å². The van der Waals surface area contributed by atoms with Crippen molar-refractivity contribution in [3.05, 3.63) is 59.1 Å². The summed E-state index contributed by atoms with van der Waals surface area (Å²) in [6.07, 6.45) is 4.14. The molecule has 144 valence electrons. The Balaban J connectivity index is 1.33. The molecule has 0 N–H and O–H groups in total. The number of fused-ring (bicyclic) bond motifs is 2. The van der Waals surface area contributed by atoms with Gasteiger partial charge in [0, 0.05) is 25.9 Å². The maximum atomic E-state index is 13.2. The highest BCUT2D eigenvalue weighted by Gasteiger charge is 2.34. The summed E-state index contributed by atoms with van der Waals surface area (Å²) in [6, 6.07) is 10.2. The Hall–Kier alpha value is -3.03. The van der Waals surface area contributed by atoms with E-state index in [-0.39, 0.29) is 11.8 Å². The molecule has 0 saturated heterocycles. The minimum absolute atomic E-state index is 0.0937. The molecule has 1 aromatic carbocycles. The normalized spacial score (nSPS) is 19.0. The van der Waals surface area contributed by atoms with Crippen molar-refractivity contribution in [3.8, 4) is 0 Å². The van der Waals surface area contributed by atoms with Gasteiger partial charge < -0.3 is 9.32 Å². The predicted octanol–water partition coefficient (Wildman–Crippen LogP) is 2.10. The lowest BCUT2D eigenvalue weighted by atomic mass is 9.99. The average Bonchev–Trinajstić information content (AvgIpc) is 3.29. The number of carbonyl (C=O) groups is 1. The van der Waals surface area contributed by atoms with Crippen molar-refractivity contribution in [1.29, 1.82) is 0 Å². The van der Waals surface area contributed by atoms with Crippen LogP contribution in [0.2, 0.25) is 0 Å². The molecule has 0 fully saturated rings. The van der Waals surface area contributed by atoms with Crippen LogP contribution in [0.1, 0.15) is 53.9 Å². The third kappa shape index (κ3) is 3.19. The zero-order valence-electron chi connectivity index (χ0n) is 15.6. The zero-order valence-corrected chi connectivity index (χ0v) is 15.6. The number of tetrazole rings is 1. The standard InChI is InChI=1S/C20H22N6O2/c27-20(15-8-4-5-10-26-19(15)22-23-24-26)25-11-9-17-16(13-25)21-18(28-17)12-14-6-2-1-3-7-14/h1-3,6-7,15H,4-5,8-13H2. The number of amides is 1. The molecule has 8 nitrogen and oxygen atoms in total. The fraction of sp³-hybridized carbons (Fsp3) is 0.450. The molecular formula is C20H22N6O2. The van der Waals surface area contributed by atoms with Crippen LogP contribution in [-0.2, 0) is 30.7 Å². The van der Waals surface area contributed by atoms with E-state index >= 15 is 0 Å². The first-order chi connectivity index (χ1) is 13.8. The van der Waals surface area contributed by atoms with Crippen LogP contribution in [0.4, 0.5) is 0 Å². The van der Waals surface area contributed by atoms with Crippen LogP contribution >= 0.6 is 0 Å². The Labute approximate surface area is 162 Å². The summed E-state index contributed by atoms with van der Waals surface area (Å²) in [5.41, 5.74) is 2.04. The van der Waals surface area contributed by atoms with E-state index in [1.54, 1.807) is 4.68 Å². The third-order valence-electron chi connectivity index (χ3n) is 5.56. The lowest BCUT2D eigenvalue weighted by Gasteiger charge is -2.28. The van der Waals surface area contributed by atoms with Gasteiger partial charge in [0.15, 0.2) is 11.7 Å². The molecule has 5 rings (SSSR count). The first kappa shape index (κ1) is 17.1.